The third-order valence-electron chi connectivity index (χ3n) is 9.74. The fourth-order valence-electron chi connectivity index (χ4n) is 7.43. The second-order valence-corrected chi connectivity index (χ2v) is 16.2. The van der Waals surface area contributed by atoms with Crippen LogP contribution < -0.4 is 4.90 Å². The van der Waals surface area contributed by atoms with Gasteiger partial charge in [0.1, 0.15) is 34.0 Å². The Bertz CT molecular complexity index is 1960. The molecule has 2 aromatic carbocycles. The number of thioether (sulfide) groups is 1. The van der Waals surface area contributed by atoms with Gasteiger partial charge in [0, 0.05) is 52.8 Å². The van der Waals surface area contributed by atoms with Crippen molar-refractivity contribution in [3.05, 3.63) is 115 Å². The van der Waals surface area contributed by atoms with Gasteiger partial charge in [-0.2, -0.15) is 8.97 Å². The maximum absolute atomic E-state index is 15.2. The minimum atomic E-state index is -0.593. The van der Waals surface area contributed by atoms with Crippen molar-refractivity contribution in [1.29, 1.82) is 0 Å². The van der Waals surface area contributed by atoms with Gasteiger partial charge in [0.2, 0.25) is 5.69 Å². The summed E-state index contributed by atoms with van der Waals surface area (Å²) in [5.74, 6) is -1.57. The van der Waals surface area contributed by atoms with Crippen LogP contribution in [0.5, 0.6) is 0 Å². The lowest BCUT2D eigenvalue weighted by molar-refractivity contribution is -0.439. The first-order valence-electron chi connectivity index (χ1n) is 16.9. The number of rotatable bonds is 10. The van der Waals surface area contributed by atoms with Crippen LogP contribution >= 0.6 is 23.1 Å². The molecule has 0 unspecified atom stereocenters. The summed E-state index contributed by atoms with van der Waals surface area (Å²) in [7, 11) is 0. The highest BCUT2D eigenvalue weighted by Gasteiger charge is 2.46. The van der Waals surface area contributed by atoms with Crippen molar-refractivity contribution in [3.63, 3.8) is 0 Å². The van der Waals surface area contributed by atoms with Crippen molar-refractivity contribution in [2.24, 2.45) is 0 Å². The Morgan fingerprint density at radius 2 is 1.59 bits per heavy atom. The van der Waals surface area contributed by atoms with E-state index in [-0.39, 0.29) is 0 Å². The molecule has 0 radical (unpaired) electrons. The summed E-state index contributed by atoms with van der Waals surface area (Å²) in [5, 5.41) is 10.4. The number of hydrogen-bond acceptors (Lipinski definition) is 5. The zero-order valence-corrected chi connectivity index (χ0v) is 30.8. The Morgan fingerprint density at radius 1 is 0.878 bits per heavy atom. The maximum atomic E-state index is 15.2. The quantitative estimate of drug-likeness (QED) is 0.155. The molecule has 0 spiro atoms. The van der Waals surface area contributed by atoms with Gasteiger partial charge in [-0.05, 0) is 75.0 Å². The highest BCUT2D eigenvalue weighted by Crippen LogP contribution is 2.50. The van der Waals surface area contributed by atoms with Gasteiger partial charge in [0.05, 0.1) is 16.9 Å². The number of allylic oxidation sites excluding steroid dienone is 7. The summed E-state index contributed by atoms with van der Waals surface area (Å²) in [6, 6.07) is 4.86. The average molecular weight is 708 g/mol. The van der Waals surface area contributed by atoms with Gasteiger partial charge in [0.25, 0.3) is 0 Å². The van der Waals surface area contributed by atoms with Crippen molar-refractivity contribution in [2.45, 2.75) is 90.7 Å². The highest BCUT2D eigenvalue weighted by molar-refractivity contribution is 8.02. The molecule has 10 heteroatoms. The standard InChI is InChI=1S/C39H43F4N4S2/c1-8-16-46-32(38(4,5)28-18-26(40)20-30(42)35(28)46)14-12-24-10-11-25(37(24)48-22-34-45-44-23(3)49-34)13-15-33-39(6,7)29-19-27(41)21-31(43)36(29)47(33)17-9-2/h12-15,18-21H,8-11,16-17,22H2,1-7H3/q+1. The highest BCUT2D eigenvalue weighted by atomic mass is 32.2. The number of nitrogens with zero attached hydrogens (tertiary/aromatic N) is 4. The van der Waals surface area contributed by atoms with E-state index < -0.39 is 34.1 Å². The van der Waals surface area contributed by atoms with Crippen molar-refractivity contribution >= 4 is 40.2 Å². The van der Waals surface area contributed by atoms with Gasteiger partial charge in [0.15, 0.2) is 11.5 Å². The third-order valence-corrected chi connectivity index (χ3v) is 12.0. The number of halogens is 4. The van der Waals surface area contributed by atoms with Gasteiger partial charge < -0.3 is 4.90 Å². The van der Waals surface area contributed by atoms with E-state index in [9.17, 15) is 8.78 Å². The van der Waals surface area contributed by atoms with Crippen LogP contribution in [0.25, 0.3) is 0 Å². The van der Waals surface area contributed by atoms with Gasteiger partial charge in [-0.1, -0.05) is 39.8 Å². The van der Waals surface area contributed by atoms with E-state index >= 15 is 8.78 Å². The van der Waals surface area contributed by atoms with Crippen LogP contribution in [0.4, 0.5) is 28.9 Å². The smallest absolute Gasteiger partial charge is 0.246 e. The molecule has 3 heterocycles. The van der Waals surface area contributed by atoms with Crippen LogP contribution in [-0.2, 0) is 16.6 Å². The van der Waals surface area contributed by atoms with Crippen LogP contribution in [0.15, 0.2) is 70.3 Å². The van der Waals surface area contributed by atoms with Crippen molar-refractivity contribution in [1.82, 2.24) is 10.2 Å². The predicted octanol–water partition coefficient (Wildman–Crippen LogP) is 10.7. The van der Waals surface area contributed by atoms with Crippen LogP contribution in [0, 0.1) is 30.2 Å². The molecule has 49 heavy (non-hydrogen) atoms. The molecule has 1 aliphatic carbocycles. The normalized spacial score (nSPS) is 19.8. The molecule has 0 fully saturated rings. The molecular weight excluding hydrogens is 665 g/mol. The van der Waals surface area contributed by atoms with Crippen LogP contribution in [-0.4, -0.2) is 33.6 Å². The van der Waals surface area contributed by atoms with E-state index in [0.29, 0.717) is 41.3 Å². The third kappa shape index (κ3) is 6.47. The van der Waals surface area contributed by atoms with Crippen LogP contribution in [0.2, 0.25) is 0 Å². The van der Waals surface area contributed by atoms with E-state index in [1.54, 1.807) is 23.1 Å². The molecule has 3 aliphatic rings. The largest absolute Gasteiger partial charge is 0.342 e. The van der Waals surface area contributed by atoms with Crippen molar-refractivity contribution in [2.75, 3.05) is 18.0 Å². The topological polar surface area (TPSA) is 32.0 Å². The number of fused-ring (bicyclic) bond motifs is 2. The molecule has 4 nitrogen and oxygen atoms in total. The fraction of sp³-hybridized carbons (Fsp3) is 0.410. The van der Waals surface area contributed by atoms with Crippen molar-refractivity contribution in [3.8, 4) is 0 Å². The molecule has 2 aliphatic heterocycles. The first kappa shape index (κ1) is 35.3. The van der Waals surface area contributed by atoms with Gasteiger partial charge in [-0.3, -0.25) is 0 Å². The van der Waals surface area contributed by atoms with E-state index in [0.717, 1.165) is 75.3 Å². The summed E-state index contributed by atoms with van der Waals surface area (Å²) in [6.45, 7) is 15.4. The Balaban J connectivity index is 1.42. The minimum Gasteiger partial charge on any atom is -0.342 e. The predicted molar refractivity (Wildman–Crippen MR) is 194 cm³/mol. The number of aromatic nitrogens is 2. The lowest BCUT2D eigenvalue weighted by Crippen LogP contribution is -2.28. The molecule has 0 saturated heterocycles. The summed E-state index contributed by atoms with van der Waals surface area (Å²) >= 11 is 3.30. The molecular formula is C39H43F4N4S2+. The lowest BCUT2D eigenvalue weighted by Gasteiger charge is -2.26. The van der Waals surface area contributed by atoms with E-state index in [1.807, 2.05) is 44.1 Å². The molecule has 0 bridgehead atoms. The Kier molecular flexibility index (Phi) is 9.85. The van der Waals surface area contributed by atoms with Gasteiger partial charge in [-0.25, -0.2) is 13.2 Å². The van der Waals surface area contributed by atoms with E-state index in [4.69, 9.17) is 0 Å². The zero-order chi connectivity index (χ0) is 35.2. The molecule has 0 saturated carbocycles. The second-order valence-electron chi connectivity index (χ2n) is 13.9. The fourth-order valence-corrected chi connectivity index (χ4v) is 9.38. The molecule has 258 valence electrons. The van der Waals surface area contributed by atoms with E-state index in [1.165, 1.54) is 12.1 Å². The van der Waals surface area contributed by atoms with Gasteiger partial charge >= 0.3 is 0 Å². The number of anilines is 1. The Morgan fingerprint density at radius 3 is 2.27 bits per heavy atom. The van der Waals surface area contributed by atoms with Crippen molar-refractivity contribution < 1.29 is 22.1 Å². The second kappa shape index (κ2) is 13.7. The van der Waals surface area contributed by atoms with Gasteiger partial charge in [-0.15, -0.1) is 33.3 Å². The first-order valence-corrected chi connectivity index (χ1v) is 18.7. The summed E-state index contributed by atoms with van der Waals surface area (Å²) in [6.07, 6.45) is 11.7. The molecule has 6 rings (SSSR count). The first-order chi connectivity index (χ1) is 23.3. The Hall–Kier alpha value is -3.50. The average Bonchev–Trinajstić information content (AvgIpc) is 3.72. The molecule has 0 atom stereocenters. The summed E-state index contributed by atoms with van der Waals surface area (Å²) < 4.78 is 61.3. The molecule has 0 N–H and O–H groups in total. The number of benzene rings is 2. The summed E-state index contributed by atoms with van der Waals surface area (Å²) in [4.78, 5) is 3.14. The monoisotopic (exact) mass is 707 g/mol. The van der Waals surface area contributed by atoms with E-state index in [2.05, 4.69) is 48.3 Å². The molecule has 0 amide bonds. The lowest BCUT2D eigenvalue weighted by atomic mass is 9.81. The number of hydrogen-bond donors (Lipinski definition) is 0. The summed E-state index contributed by atoms with van der Waals surface area (Å²) in [5.41, 5.74) is 5.20. The maximum Gasteiger partial charge on any atom is 0.246 e. The zero-order valence-electron chi connectivity index (χ0n) is 29.2. The van der Waals surface area contributed by atoms with Crippen LogP contribution in [0.1, 0.15) is 88.4 Å². The minimum absolute atomic E-state index is 0.454. The molecule has 1 aromatic heterocycles. The SMILES string of the molecule is CCCN1/C(=C/C=C2\CCC(/C=C/C3=[N+](CCC)c4c(F)cc(F)cc4C3(C)C)=C2SCc2nnc(C)s2)C(C)(C)c2cc(F)cc(F)c21. The number of aryl methyl sites for hydroxylation is 1. The molecule has 3 aromatic rings. The Labute approximate surface area is 295 Å². The van der Waals surface area contributed by atoms with Crippen LogP contribution in [0.3, 0.4) is 0 Å².